The number of aromatic amines is 1. The molecule has 2 aromatic carbocycles. The van der Waals surface area contributed by atoms with E-state index in [2.05, 4.69) is 21.2 Å². The van der Waals surface area contributed by atoms with E-state index in [1.54, 1.807) is 0 Å². The Morgan fingerprint density at radius 3 is 2.77 bits per heavy atom. The van der Waals surface area contributed by atoms with Crippen LogP contribution in [0.15, 0.2) is 64.4 Å². The molecule has 0 radical (unpaired) electrons. The minimum Gasteiger partial charge on any atom is -0.414 e. The SMILES string of the molecule is N[C@@H](Cc1c[nH]c2ccccc12)c1nnc(SCc2ccccc2Cl)o1. The van der Waals surface area contributed by atoms with Crippen molar-refractivity contribution in [3.05, 3.63) is 76.8 Å². The Morgan fingerprint density at radius 1 is 1.08 bits per heavy atom. The lowest BCUT2D eigenvalue weighted by Crippen LogP contribution is -2.13. The number of rotatable bonds is 6. The molecule has 4 rings (SSSR count). The minimum absolute atomic E-state index is 0.351. The molecule has 26 heavy (non-hydrogen) atoms. The van der Waals surface area contributed by atoms with Crippen molar-refractivity contribution in [1.29, 1.82) is 0 Å². The van der Waals surface area contributed by atoms with E-state index in [1.807, 2.05) is 48.7 Å². The number of nitrogens with zero attached hydrogens (tertiary/aromatic N) is 2. The Bertz CT molecular complexity index is 1030. The van der Waals surface area contributed by atoms with E-state index in [0.717, 1.165) is 27.1 Å². The molecule has 132 valence electrons. The zero-order valence-electron chi connectivity index (χ0n) is 13.9. The Balaban J connectivity index is 1.43. The van der Waals surface area contributed by atoms with Gasteiger partial charge in [-0.05, 0) is 29.7 Å². The fraction of sp³-hybridized carbons (Fsp3) is 0.158. The van der Waals surface area contributed by atoms with Crippen molar-refractivity contribution in [2.45, 2.75) is 23.4 Å². The van der Waals surface area contributed by atoms with Crippen LogP contribution in [0.1, 0.15) is 23.1 Å². The number of hydrogen-bond acceptors (Lipinski definition) is 5. The number of nitrogens with one attached hydrogen (secondary N) is 1. The predicted molar refractivity (Wildman–Crippen MR) is 104 cm³/mol. The first-order valence-corrected chi connectivity index (χ1v) is 9.57. The van der Waals surface area contributed by atoms with Gasteiger partial charge in [-0.25, -0.2) is 0 Å². The molecule has 7 heteroatoms. The number of benzene rings is 2. The molecule has 1 atom stereocenters. The Kier molecular flexibility index (Phi) is 4.97. The number of hydrogen-bond donors (Lipinski definition) is 2. The van der Waals surface area contributed by atoms with Gasteiger partial charge in [0.1, 0.15) is 0 Å². The molecule has 5 nitrogen and oxygen atoms in total. The molecule has 0 aliphatic rings. The third-order valence-corrected chi connectivity index (χ3v) is 5.40. The number of para-hydroxylation sites is 1. The second kappa shape index (κ2) is 7.53. The highest BCUT2D eigenvalue weighted by Gasteiger charge is 2.17. The second-order valence-electron chi connectivity index (χ2n) is 5.96. The normalized spacial score (nSPS) is 12.5. The van der Waals surface area contributed by atoms with E-state index in [-0.39, 0.29) is 6.04 Å². The fourth-order valence-electron chi connectivity index (χ4n) is 2.81. The first-order valence-electron chi connectivity index (χ1n) is 8.21. The number of nitrogens with two attached hydrogens (primary N) is 1. The van der Waals surface area contributed by atoms with Crippen LogP contribution in [0.5, 0.6) is 0 Å². The standard InChI is InChI=1S/C19H17ClN4OS/c20-15-7-3-1-5-12(15)11-26-19-24-23-18(25-19)16(21)9-13-10-22-17-8-4-2-6-14(13)17/h1-8,10,16,22H,9,11,21H2/t16-/m0/s1. The predicted octanol–water partition coefficient (Wildman–Crippen LogP) is 4.74. The van der Waals surface area contributed by atoms with Gasteiger partial charge in [-0.15, -0.1) is 10.2 Å². The number of H-pyrrole nitrogens is 1. The zero-order valence-corrected chi connectivity index (χ0v) is 15.4. The van der Waals surface area contributed by atoms with Crippen LogP contribution in [0.25, 0.3) is 10.9 Å². The molecule has 3 N–H and O–H groups in total. The van der Waals surface area contributed by atoms with Crippen LogP contribution in [0, 0.1) is 0 Å². The van der Waals surface area contributed by atoms with Crippen molar-refractivity contribution in [3.8, 4) is 0 Å². The quantitative estimate of drug-likeness (QED) is 0.469. The van der Waals surface area contributed by atoms with E-state index >= 15 is 0 Å². The minimum atomic E-state index is -0.351. The summed E-state index contributed by atoms with van der Waals surface area (Å²) in [6.07, 6.45) is 2.61. The molecular weight excluding hydrogens is 368 g/mol. The van der Waals surface area contributed by atoms with Crippen molar-refractivity contribution < 1.29 is 4.42 Å². The smallest absolute Gasteiger partial charge is 0.276 e. The molecule has 0 aliphatic heterocycles. The maximum Gasteiger partial charge on any atom is 0.276 e. The summed E-state index contributed by atoms with van der Waals surface area (Å²) in [5.41, 5.74) is 9.54. The van der Waals surface area contributed by atoms with Crippen LogP contribution in [-0.2, 0) is 12.2 Å². The summed E-state index contributed by atoms with van der Waals surface area (Å²) >= 11 is 7.62. The van der Waals surface area contributed by atoms with Gasteiger partial charge in [0.25, 0.3) is 5.22 Å². The lowest BCUT2D eigenvalue weighted by atomic mass is 10.1. The van der Waals surface area contributed by atoms with Crippen LogP contribution in [0.2, 0.25) is 5.02 Å². The van der Waals surface area contributed by atoms with Crippen LogP contribution in [0.3, 0.4) is 0 Å². The van der Waals surface area contributed by atoms with Crippen LogP contribution in [0.4, 0.5) is 0 Å². The van der Waals surface area contributed by atoms with E-state index in [9.17, 15) is 0 Å². The van der Waals surface area contributed by atoms with Crippen molar-refractivity contribution in [3.63, 3.8) is 0 Å². The Hall–Kier alpha value is -2.28. The van der Waals surface area contributed by atoms with Gasteiger partial charge in [-0.3, -0.25) is 0 Å². The van der Waals surface area contributed by atoms with Gasteiger partial charge >= 0.3 is 0 Å². The van der Waals surface area contributed by atoms with Gasteiger partial charge in [0, 0.05) is 27.9 Å². The second-order valence-corrected chi connectivity index (χ2v) is 7.29. The maximum absolute atomic E-state index is 6.28. The molecular formula is C19H17ClN4OS. The molecule has 0 aliphatic carbocycles. The first-order chi connectivity index (χ1) is 12.7. The highest BCUT2D eigenvalue weighted by atomic mass is 35.5. The van der Waals surface area contributed by atoms with Gasteiger partial charge < -0.3 is 15.1 Å². The Morgan fingerprint density at radius 2 is 1.88 bits per heavy atom. The molecule has 0 bridgehead atoms. The lowest BCUT2D eigenvalue weighted by molar-refractivity contribution is 0.385. The van der Waals surface area contributed by atoms with Gasteiger partial charge in [0.15, 0.2) is 0 Å². The summed E-state index contributed by atoms with van der Waals surface area (Å²) in [4.78, 5) is 3.26. The monoisotopic (exact) mass is 384 g/mol. The maximum atomic E-state index is 6.28. The molecule has 2 aromatic heterocycles. The van der Waals surface area contributed by atoms with E-state index in [1.165, 1.54) is 11.8 Å². The summed E-state index contributed by atoms with van der Waals surface area (Å²) < 4.78 is 5.73. The average molecular weight is 385 g/mol. The number of fused-ring (bicyclic) bond motifs is 1. The van der Waals surface area contributed by atoms with Crippen molar-refractivity contribution >= 4 is 34.3 Å². The van der Waals surface area contributed by atoms with Crippen LogP contribution >= 0.6 is 23.4 Å². The molecule has 0 saturated heterocycles. The number of thioether (sulfide) groups is 1. The van der Waals surface area contributed by atoms with Gasteiger partial charge in [0.2, 0.25) is 5.89 Å². The van der Waals surface area contributed by atoms with Gasteiger partial charge in [-0.1, -0.05) is 59.8 Å². The highest BCUT2D eigenvalue weighted by molar-refractivity contribution is 7.98. The first kappa shape index (κ1) is 17.1. The Labute approximate surface area is 159 Å². The van der Waals surface area contributed by atoms with E-state index < -0.39 is 0 Å². The van der Waals surface area contributed by atoms with Crippen LogP contribution in [-0.4, -0.2) is 15.2 Å². The summed E-state index contributed by atoms with van der Waals surface area (Å²) in [5, 5.41) is 10.6. The third-order valence-electron chi connectivity index (χ3n) is 4.16. The summed E-state index contributed by atoms with van der Waals surface area (Å²) in [6.45, 7) is 0. The molecule has 0 unspecified atom stereocenters. The topological polar surface area (TPSA) is 80.7 Å². The fourth-order valence-corrected chi connectivity index (χ4v) is 3.86. The molecule has 0 fully saturated rings. The molecule has 0 saturated carbocycles. The third kappa shape index (κ3) is 3.62. The molecule has 0 amide bonds. The molecule has 4 aromatic rings. The zero-order chi connectivity index (χ0) is 17.9. The summed E-state index contributed by atoms with van der Waals surface area (Å²) in [5.74, 6) is 1.11. The van der Waals surface area contributed by atoms with Crippen molar-refractivity contribution in [1.82, 2.24) is 15.2 Å². The van der Waals surface area contributed by atoms with Crippen LogP contribution < -0.4 is 5.73 Å². The summed E-state index contributed by atoms with van der Waals surface area (Å²) in [6, 6.07) is 15.5. The average Bonchev–Trinajstić information content (AvgIpc) is 3.29. The van der Waals surface area contributed by atoms with Gasteiger partial charge in [0.05, 0.1) is 6.04 Å². The van der Waals surface area contributed by atoms with E-state index in [4.69, 9.17) is 21.8 Å². The highest BCUT2D eigenvalue weighted by Crippen LogP contribution is 2.28. The van der Waals surface area contributed by atoms with Gasteiger partial charge in [-0.2, -0.15) is 0 Å². The number of halogens is 1. The summed E-state index contributed by atoms with van der Waals surface area (Å²) in [7, 11) is 0. The number of aromatic nitrogens is 3. The lowest BCUT2D eigenvalue weighted by Gasteiger charge is -2.06. The largest absolute Gasteiger partial charge is 0.414 e. The molecule has 0 spiro atoms. The molecule has 2 heterocycles. The van der Waals surface area contributed by atoms with E-state index in [0.29, 0.717) is 23.3 Å². The van der Waals surface area contributed by atoms with Crippen molar-refractivity contribution in [2.75, 3.05) is 0 Å². The van der Waals surface area contributed by atoms with Crippen molar-refractivity contribution in [2.24, 2.45) is 5.73 Å².